The van der Waals surface area contributed by atoms with E-state index in [9.17, 15) is 4.39 Å². The Morgan fingerprint density at radius 1 is 1.13 bits per heavy atom. The quantitative estimate of drug-likeness (QED) is 0.536. The molecule has 0 aliphatic carbocycles. The Labute approximate surface area is 180 Å². The first kappa shape index (κ1) is 20.8. The van der Waals surface area contributed by atoms with Crippen LogP contribution in [0.2, 0.25) is 0 Å². The highest BCUT2D eigenvalue weighted by atomic mass is 32.1. The van der Waals surface area contributed by atoms with Crippen molar-refractivity contribution in [1.29, 1.82) is 0 Å². The first-order valence-electron chi connectivity index (χ1n) is 10.0. The molecule has 0 spiro atoms. The summed E-state index contributed by atoms with van der Waals surface area (Å²) >= 11 is 1.56. The fourth-order valence-electron chi connectivity index (χ4n) is 3.41. The van der Waals surface area contributed by atoms with Gasteiger partial charge in [0.05, 0.1) is 31.0 Å². The predicted octanol–water partition coefficient (Wildman–Crippen LogP) is 4.26. The van der Waals surface area contributed by atoms with Crippen LogP contribution in [-0.2, 0) is 11.2 Å². The smallest absolute Gasteiger partial charge is 0.123 e. The van der Waals surface area contributed by atoms with Crippen LogP contribution >= 0.6 is 11.3 Å². The molecule has 2 heterocycles. The molecule has 1 aromatic heterocycles. The minimum absolute atomic E-state index is 0.271. The molecule has 0 amide bonds. The molecule has 7 heteroatoms. The van der Waals surface area contributed by atoms with E-state index in [1.54, 1.807) is 24.5 Å². The lowest BCUT2D eigenvalue weighted by Crippen LogP contribution is -2.38. The van der Waals surface area contributed by atoms with E-state index in [0.717, 1.165) is 60.4 Å². The summed E-state index contributed by atoms with van der Waals surface area (Å²) in [5, 5.41) is 2.94. The van der Waals surface area contributed by atoms with Gasteiger partial charge in [-0.05, 0) is 42.5 Å². The second kappa shape index (κ2) is 10.0. The average Bonchev–Trinajstić information content (AvgIpc) is 3.24. The first-order chi connectivity index (χ1) is 14.7. The lowest BCUT2D eigenvalue weighted by Gasteiger charge is -2.26. The van der Waals surface area contributed by atoms with E-state index in [1.807, 2.05) is 29.6 Å². The molecule has 0 unspecified atom stereocenters. The van der Waals surface area contributed by atoms with Gasteiger partial charge in [0.1, 0.15) is 23.9 Å². The molecule has 0 N–H and O–H groups in total. The number of nitrogens with zero attached hydrogens (tertiary/aromatic N) is 2. The van der Waals surface area contributed by atoms with E-state index in [0.29, 0.717) is 18.8 Å². The Bertz CT molecular complexity index is 955. The topological polar surface area (TPSA) is 43.8 Å². The number of morpholine rings is 1. The number of thiazole rings is 1. The van der Waals surface area contributed by atoms with E-state index in [2.05, 4.69) is 4.90 Å². The molecule has 0 saturated carbocycles. The predicted molar refractivity (Wildman–Crippen MR) is 116 cm³/mol. The molecule has 30 heavy (non-hydrogen) atoms. The first-order valence-corrected chi connectivity index (χ1v) is 10.9. The number of methoxy groups -OCH3 is 1. The summed E-state index contributed by atoms with van der Waals surface area (Å²) in [6.07, 6.45) is 0.536. The average molecular weight is 429 g/mol. The number of halogens is 1. The van der Waals surface area contributed by atoms with Crippen LogP contribution in [0.15, 0.2) is 47.8 Å². The Hall–Kier alpha value is -2.48. The molecule has 1 aliphatic rings. The third kappa shape index (κ3) is 5.36. The molecule has 1 saturated heterocycles. The fourth-order valence-corrected chi connectivity index (χ4v) is 4.24. The summed E-state index contributed by atoms with van der Waals surface area (Å²) in [6.45, 7) is 5.11. The van der Waals surface area contributed by atoms with Crippen LogP contribution < -0.4 is 9.47 Å². The standard InChI is InChI=1S/C23H25FN2O3S/c1-27-22-7-4-19(24)14-18(22)15-23-25-21(16-30-23)17-2-5-20(6-3-17)29-13-10-26-8-11-28-12-9-26/h2-7,14,16H,8-13,15H2,1H3. The van der Waals surface area contributed by atoms with Gasteiger partial charge in [0.2, 0.25) is 0 Å². The van der Waals surface area contributed by atoms with E-state index in [4.69, 9.17) is 19.2 Å². The monoisotopic (exact) mass is 428 g/mol. The van der Waals surface area contributed by atoms with Gasteiger partial charge in [-0.25, -0.2) is 9.37 Å². The molecule has 0 atom stereocenters. The SMILES string of the molecule is COc1ccc(F)cc1Cc1nc(-c2ccc(OCCN3CCOCC3)cc2)cs1. The van der Waals surface area contributed by atoms with Gasteiger partial charge >= 0.3 is 0 Å². The molecule has 158 valence electrons. The van der Waals surface area contributed by atoms with E-state index >= 15 is 0 Å². The van der Waals surface area contributed by atoms with Gasteiger partial charge in [0.15, 0.2) is 0 Å². The van der Waals surface area contributed by atoms with E-state index < -0.39 is 0 Å². The van der Waals surface area contributed by atoms with Gasteiger partial charge in [0, 0.05) is 42.6 Å². The lowest BCUT2D eigenvalue weighted by atomic mass is 10.1. The number of ether oxygens (including phenoxy) is 3. The number of rotatable bonds is 8. The molecule has 2 aromatic carbocycles. The molecule has 5 nitrogen and oxygen atoms in total. The molecular weight excluding hydrogens is 403 g/mol. The van der Waals surface area contributed by atoms with Gasteiger partial charge < -0.3 is 14.2 Å². The Morgan fingerprint density at radius 3 is 2.70 bits per heavy atom. The van der Waals surface area contributed by atoms with Crippen LogP contribution in [-0.4, -0.2) is 56.4 Å². The van der Waals surface area contributed by atoms with Gasteiger partial charge in [-0.15, -0.1) is 11.3 Å². The Kier molecular flexibility index (Phi) is 6.94. The summed E-state index contributed by atoms with van der Waals surface area (Å²) in [7, 11) is 1.59. The number of hydrogen-bond acceptors (Lipinski definition) is 6. The largest absolute Gasteiger partial charge is 0.496 e. The zero-order valence-corrected chi connectivity index (χ0v) is 17.8. The van der Waals surface area contributed by atoms with Crippen molar-refractivity contribution in [2.45, 2.75) is 6.42 Å². The Balaban J connectivity index is 1.35. The van der Waals surface area contributed by atoms with Crippen molar-refractivity contribution in [3.8, 4) is 22.8 Å². The normalized spacial score (nSPS) is 14.6. The van der Waals surface area contributed by atoms with Crippen LogP contribution in [0.5, 0.6) is 11.5 Å². The second-order valence-electron chi connectivity index (χ2n) is 7.09. The fraction of sp³-hybridized carbons (Fsp3) is 0.348. The van der Waals surface area contributed by atoms with Crippen LogP contribution in [0, 0.1) is 5.82 Å². The molecule has 3 aromatic rings. The maximum absolute atomic E-state index is 13.6. The van der Waals surface area contributed by atoms with Gasteiger partial charge in [-0.1, -0.05) is 0 Å². The maximum Gasteiger partial charge on any atom is 0.123 e. The van der Waals surface area contributed by atoms with Crippen molar-refractivity contribution in [2.75, 3.05) is 46.6 Å². The molecule has 0 bridgehead atoms. The summed E-state index contributed by atoms with van der Waals surface area (Å²) < 4.78 is 30.2. The third-order valence-electron chi connectivity index (χ3n) is 5.07. The van der Waals surface area contributed by atoms with Gasteiger partial charge in [0.25, 0.3) is 0 Å². The van der Waals surface area contributed by atoms with Crippen molar-refractivity contribution in [1.82, 2.24) is 9.88 Å². The Morgan fingerprint density at radius 2 is 1.93 bits per heavy atom. The van der Waals surface area contributed by atoms with E-state index in [-0.39, 0.29) is 5.82 Å². The van der Waals surface area contributed by atoms with Gasteiger partial charge in [-0.2, -0.15) is 0 Å². The molecule has 4 rings (SSSR count). The third-order valence-corrected chi connectivity index (χ3v) is 5.91. The maximum atomic E-state index is 13.6. The van der Waals surface area contributed by atoms with Crippen molar-refractivity contribution in [3.05, 3.63) is 64.2 Å². The van der Waals surface area contributed by atoms with Crippen LogP contribution in [0.3, 0.4) is 0 Å². The van der Waals surface area contributed by atoms with Crippen LogP contribution in [0.25, 0.3) is 11.3 Å². The number of hydrogen-bond donors (Lipinski definition) is 0. The molecule has 1 fully saturated rings. The van der Waals surface area contributed by atoms with Crippen molar-refractivity contribution in [2.24, 2.45) is 0 Å². The van der Waals surface area contributed by atoms with Gasteiger partial charge in [-0.3, -0.25) is 4.90 Å². The van der Waals surface area contributed by atoms with Crippen LogP contribution in [0.1, 0.15) is 10.6 Å². The molecule has 0 radical (unpaired) electrons. The zero-order chi connectivity index (χ0) is 20.8. The van der Waals surface area contributed by atoms with Crippen molar-refractivity contribution in [3.63, 3.8) is 0 Å². The van der Waals surface area contributed by atoms with Crippen molar-refractivity contribution < 1.29 is 18.6 Å². The molecule has 1 aliphatic heterocycles. The summed E-state index contributed by atoms with van der Waals surface area (Å²) in [5.74, 6) is 1.26. The highest BCUT2D eigenvalue weighted by Crippen LogP contribution is 2.28. The highest BCUT2D eigenvalue weighted by Gasteiger charge is 2.11. The number of benzene rings is 2. The lowest BCUT2D eigenvalue weighted by molar-refractivity contribution is 0.0322. The summed E-state index contributed by atoms with van der Waals surface area (Å²) in [4.78, 5) is 7.06. The summed E-state index contributed by atoms with van der Waals surface area (Å²) in [5.41, 5.74) is 2.73. The summed E-state index contributed by atoms with van der Waals surface area (Å²) in [6, 6.07) is 12.5. The zero-order valence-electron chi connectivity index (χ0n) is 17.0. The highest BCUT2D eigenvalue weighted by molar-refractivity contribution is 7.10. The minimum atomic E-state index is -0.271. The second-order valence-corrected chi connectivity index (χ2v) is 8.03. The minimum Gasteiger partial charge on any atom is -0.496 e. The van der Waals surface area contributed by atoms with E-state index in [1.165, 1.54) is 12.1 Å². The van der Waals surface area contributed by atoms with Crippen LogP contribution in [0.4, 0.5) is 4.39 Å². The molecular formula is C23H25FN2O3S. The van der Waals surface area contributed by atoms with Crippen molar-refractivity contribution >= 4 is 11.3 Å². The number of aromatic nitrogens is 1.